The van der Waals surface area contributed by atoms with Crippen LogP contribution in [0.15, 0.2) is 160 Å². The average molecular weight is 627 g/mol. The van der Waals surface area contributed by atoms with Gasteiger partial charge < -0.3 is 4.74 Å². The highest BCUT2D eigenvalue weighted by molar-refractivity contribution is 6.14. The van der Waals surface area contributed by atoms with Crippen molar-refractivity contribution >= 4 is 67.4 Å². The first-order valence-electron chi connectivity index (χ1n) is 16.5. The average Bonchev–Trinajstić information content (AvgIpc) is 3.16. The lowest BCUT2D eigenvalue weighted by molar-refractivity contribution is 0.492. The molecule has 0 aromatic heterocycles. The van der Waals surface area contributed by atoms with Crippen LogP contribution in [0.1, 0.15) is 22.3 Å². The fourth-order valence-electron chi connectivity index (χ4n) is 7.51. The summed E-state index contributed by atoms with van der Waals surface area (Å²) in [6.07, 6.45) is 7.64. The highest BCUT2D eigenvalue weighted by atomic mass is 16.5. The van der Waals surface area contributed by atoms with Crippen LogP contribution in [0.3, 0.4) is 0 Å². The minimum Gasteiger partial charge on any atom is -0.455 e. The van der Waals surface area contributed by atoms with E-state index in [9.17, 15) is 0 Å². The number of hydrogen-bond acceptors (Lipinski definition) is 1. The van der Waals surface area contributed by atoms with E-state index in [-0.39, 0.29) is 0 Å². The van der Waals surface area contributed by atoms with Crippen molar-refractivity contribution in [3.05, 3.63) is 182 Å². The summed E-state index contributed by atoms with van der Waals surface area (Å²) in [5.41, 5.74) is 8.21. The largest absolute Gasteiger partial charge is 0.455 e. The molecule has 0 atom stereocenters. The zero-order valence-electron chi connectivity index (χ0n) is 27.2. The Morgan fingerprint density at radius 3 is 1.04 bits per heavy atom. The molecule has 0 aliphatic heterocycles. The fraction of sp³-hybridized carbons (Fsp3) is 0. The summed E-state index contributed by atoms with van der Waals surface area (Å²) in [5, 5.41) is 8.87. The van der Waals surface area contributed by atoms with E-state index in [1.165, 1.54) is 21.5 Å². The first-order valence-corrected chi connectivity index (χ1v) is 16.5. The molecule has 0 unspecified atom stereocenters. The molecule has 49 heavy (non-hydrogen) atoms. The molecular weight excluding hydrogens is 593 g/mol. The molecule has 0 saturated heterocycles. The van der Waals surface area contributed by atoms with Crippen molar-refractivity contribution < 1.29 is 4.74 Å². The van der Waals surface area contributed by atoms with Gasteiger partial charge in [-0.2, -0.15) is 0 Å². The van der Waals surface area contributed by atoms with Gasteiger partial charge in [0, 0.05) is 21.9 Å². The molecule has 0 bridgehead atoms. The second kappa shape index (κ2) is 12.3. The Kier molecular flexibility index (Phi) is 7.51. The fourth-order valence-corrected chi connectivity index (χ4v) is 7.51. The maximum atomic E-state index is 7.25. The van der Waals surface area contributed by atoms with Crippen molar-refractivity contribution in [1.82, 2.24) is 0 Å². The third-order valence-corrected chi connectivity index (χ3v) is 9.63. The molecule has 1 heteroatoms. The predicted octanol–water partition coefficient (Wildman–Crippen LogP) is 14.0. The Bertz CT molecular complexity index is 2460. The summed E-state index contributed by atoms with van der Waals surface area (Å²) in [7, 11) is 0. The number of rotatable bonds is 8. The van der Waals surface area contributed by atoms with Crippen LogP contribution in [-0.2, 0) is 0 Å². The Hall–Kier alpha value is -6.44. The summed E-state index contributed by atoms with van der Waals surface area (Å²) in [6.45, 7) is 17.2. The molecule has 0 aliphatic rings. The Balaban J connectivity index is 1.45. The highest BCUT2D eigenvalue weighted by Gasteiger charge is 2.24. The summed E-state index contributed by atoms with van der Waals surface area (Å²) in [4.78, 5) is 0. The molecule has 0 amide bonds. The summed E-state index contributed by atoms with van der Waals surface area (Å²) >= 11 is 0. The Morgan fingerprint density at radius 2 is 0.653 bits per heavy atom. The Morgan fingerprint density at radius 1 is 0.327 bits per heavy atom. The molecule has 0 radical (unpaired) electrons. The van der Waals surface area contributed by atoms with E-state index in [4.69, 9.17) is 4.74 Å². The minimum atomic E-state index is 0.727. The number of fused-ring (bicyclic) bond motifs is 4. The normalized spacial score (nSPS) is 11.2. The molecule has 0 heterocycles. The first-order chi connectivity index (χ1) is 24.2. The lowest BCUT2D eigenvalue weighted by atomic mass is 9.86. The maximum absolute atomic E-state index is 7.25. The van der Waals surface area contributed by atoms with Crippen LogP contribution in [0.5, 0.6) is 11.5 Å². The van der Waals surface area contributed by atoms with E-state index in [0.717, 1.165) is 77.6 Å². The van der Waals surface area contributed by atoms with Crippen molar-refractivity contribution in [2.45, 2.75) is 0 Å². The maximum Gasteiger partial charge on any atom is 0.143 e. The lowest BCUT2D eigenvalue weighted by Crippen LogP contribution is -2.01. The SMILES string of the molecule is C=Cc1c(C=C)c(-c2cccc3ccccc23)c2ccccc2c1Oc1c(C=C)c(C=C)c(-c2cccc3ccccc23)c2ccccc12. The lowest BCUT2D eigenvalue weighted by Gasteiger charge is -2.24. The van der Waals surface area contributed by atoms with Crippen LogP contribution >= 0.6 is 0 Å². The van der Waals surface area contributed by atoms with E-state index >= 15 is 0 Å². The highest BCUT2D eigenvalue weighted by Crippen LogP contribution is 2.50. The van der Waals surface area contributed by atoms with Gasteiger partial charge in [0.1, 0.15) is 11.5 Å². The molecule has 0 N–H and O–H groups in total. The van der Waals surface area contributed by atoms with Crippen LogP contribution in [0, 0.1) is 0 Å². The standard InChI is InChI=1S/C48H34O/c1-5-33-35(7-3)47(43-27-15-13-25-41(43)45(33)39-29-17-21-31-19-9-11-23-37(31)39)49-48-36(8-4)34(6-2)46(42-26-14-16-28-44(42)48)40-30-18-22-32-20-10-12-24-38(32)40/h5-30H,1-4H2. The van der Waals surface area contributed by atoms with Gasteiger partial charge in [0.2, 0.25) is 0 Å². The van der Waals surface area contributed by atoms with Crippen LogP contribution < -0.4 is 4.74 Å². The summed E-state index contributed by atoms with van der Waals surface area (Å²) in [6, 6.07) is 46.8. The molecule has 8 aromatic carbocycles. The van der Waals surface area contributed by atoms with E-state index < -0.39 is 0 Å². The molecule has 0 spiro atoms. The van der Waals surface area contributed by atoms with Crippen LogP contribution in [0.2, 0.25) is 0 Å². The van der Waals surface area contributed by atoms with Gasteiger partial charge in [-0.05, 0) is 65.7 Å². The first kappa shape index (κ1) is 29.9. The van der Waals surface area contributed by atoms with Gasteiger partial charge in [0.05, 0.1) is 0 Å². The number of ether oxygens (including phenoxy) is 1. The number of hydrogen-bond donors (Lipinski definition) is 0. The van der Waals surface area contributed by atoms with Crippen molar-refractivity contribution in [3.63, 3.8) is 0 Å². The zero-order chi connectivity index (χ0) is 33.5. The van der Waals surface area contributed by atoms with E-state index in [1.54, 1.807) is 0 Å². The van der Waals surface area contributed by atoms with E-state index in [0.29, 0.717) is 0 Å². The third kappa shape index (κ3) is 4.71. The summed E-state index contributed by atoms with van der Waals surface area (Å²) < 4.78 is 7.25. The van der Waals surface area contributed by atoms with Gasteiger partial charge in [-0.3, -0.25) is 0 Å². The number of benzene rings is 8. The molecule has 8 aromatic rings. The van der Waals surface area contributed by atoms with Crippen LogP contribution in [0.4, 0.5) is 0 Å². The molecule has 0 fully saturated rings. The van der Waals surface area contributed by atoms with E-state index in [1.807, 2.05) is 24.3 Å². The van der Waals surface area contributed by atoms with Crippen LogP contribution in [-0.4, -0.2) is 0 Å². The van der Waals surface area contributed by atoms with Crippen molar-refractivity contribution in [1.29, 1.82) is 0 Å². The van der Waals surface area contributed by atoms with Crippen LogP contribution in [0.25, 0.3) is 89.6 Å². The van der Waals surface area contributed by atoms with Gasteiger partial charge >= 0.3 is 0 Å². The molecule has 0 saturated carbocycles. The second-order valence-electron chi connectivity index (χ2n) is 12.1. The molecular formula is C48H34O. The molecule has 0 aliphatic carbocycles. The van der Waals surface area contributed by atoms with Crippen molar-refractivity contribution in [2.75, 3.05) is 0 Å². The van der Waals surface area contributed by atoms with E-state index in [2.05, 4.69) is 160 Å². The third-order valence-electron chi connectivity index (χ3n) is 9.63. The Labute approximate surface area is 287 Å². The van der Waals surface area contributed by atoms with Gasteiger partial charge in [-0.1, -0.05) is 184 Å². The van der Waals surface area contributed by atoms with Gasteiger partial charge in [-0.25, -0.2) is 0 Å². The molecule has 1 nitrogen and oxygen atoms in total. The van der Waals surface area contributed by atoms with Gasteiger partial charge in [0.15, 0.2) is 0 Å². The predicted molar refractivity (Wildman–Crippen MR) is 214 cm³/mol. The summed E-state index contributed by atoms with van der Waals surface area (Å²) in [5.74, 6) is 1.45. The molecule has 232 valence electrons. The van der Waals surface area contributed by atoms with Crippen molar-refractivity contribution in [2.24, 2.45) is 0 Å². The minimum absolute atomic E-state index is 0.727. The quantitative estimate of drug-likeness (QED) is 0.163. The van der Waals surface area contributed by atoms with Gasteiger partial charge in [-0.15, -0.1) is 0 Å². The zero-order valence-corrected chi connectivity index (χ0v) is 27.2. The second-order valence-corrected chi connectivity index (χ2v) is 12.1. The smallest absolute Gasteiger partial charge is 0.143 e. The van der Waals surface area contributed by atoms with Crippen molar-refractivity contribution in [3.8, 4) is 33.8 Å². The topological polar surface area (TPSA) is 9.23 Å². The molecule has 8 rings (SSSR count). The van der Waals surface area contributed by atoms with Gasteiger partial charge in [0.25, 0.3) is 0 Å². The monoisotopic (exact) mass is 626 g/mol.